The van der Waals surface area contributed by atoms with Crippen LogP contribution in [0, 0.1) is 11.6 Å². The van der Waals surface area contributed by atoms with Gasteiger partial charge in [-0.05, 0) is 18.6 Å². The summed E-state index contributed by atoms with van der Waals surface area (Å²) in [5, 5.41) is 9.37. The predicted octanol–water partition coefficient (Wildman–Crippen LogP) is 2.39. The van der Waals surface area contributed by atoms with Crippen molar-refractivity contribution in [3.05, 3.63) is 34.4 Å². The Hall–Kier alpha value is -0.710. The molecule has 0 spiro atoms. The summed E-state index contributed by atoms with van der Waals surface area (Å²) < 4.78 is 26.7. The first-order chi connectivity index (χ1) is 6.97. The topological polar surface area (TPSA) is 46.2 Å². The van der Waals surface area contributed by atoms with Crippen LogP contribution >= 0.6 is 11.6 Å². The third kappa shape index (κ3) is 2.65. The van der Waals surface area contributed by atoms with Crippen LogP contribution in [0.25, 0.3) is 0 Å². The molecule has 5 heteroatoms. The number of aliphatic hydroxyl groups excluding tert-OH is 1. The lowest BCUT2D eigenvalue weighted by Gasteiger charge is -2.18. The normalized spacial score (nSPS) is 15.1. The summed E-state index contributed by atoms with van der Waals surface area (Å²) in [6, 6.07) is 0.872. The highest BCUT2D eigenvalue weighted by molar-refractivity contribution is 6.30. The van der Waals surface area contributed by atoms with Crippen LogP contribution in [0.1, 0.15) is 24.9 Å². The van der Waals surface area contributed by atoms with E-state index < -0.39 is 23.8 Å². The number of aliphatic hydroxyl groups is 1. The molecule has 3 N–H and O–H groups in total. The molecule has 0 fully saturated rings. The van der Waals surface area contributed by atoms with Crippen molar-refractivity contribution in [1.82, 2.24) is 0 Å². The Morgan fingerprint density at radius 1 is 1.40 bits per heavy atom. The van der Waals surface area contributed by atoms with Gasteiger partial charge in [0, 0.05) is 10.6 Å². The Labute approximate surface area is 91.7 Å². The molecule has 0 aliphatic carbocycles. The molecule has 0 bridgehead atoms. The molecule has 1 aromatic rings. The summed E-state index contributed by atoms with van der Waals surface area (Å²) in [6.45, 7) is 1.68. The van der Waals surface area contributed by atoms with Crippen LogP contribution in [0.2, 0.25) is 5.02 Å². The van der Waals surface area contributed by atoms with Crippen LogP contribution < -0.4 is 5.73 Å². The largest absolute Gasteiger partial charge is 0.391 e. The van der Waals surface area contributed by atoms with Gasteiger partial charge in [0.25, 0.3) is 0 Å². The van der Waals surface area contributed by atoms with Gasteiger partial charge in [0.1, 0.15) is 11.6 Å². The van der Waals surface area contributed by atoms with Gasteiger partial charge >= 0.3 is 0 Å². The molecule has 0 aliphatic heterocycles. The minimum absolute atomic E-state index is 0.0352. The molecule has 0 aliphatic rings. The molecule has 0 saturated carbocycles. The standard InChI is InChI=1S/C10H12ClF2NO/c1-2-8(15)10(14)9-6(12)3-5(11)4-7(9)13/h3-4,8,10,15H,2,14H2,1H3/t8-,10-/m0/s1. The van der Waals surface area contributed by atoms with Gasteiger partial charge in [0.2, 0.25) is 0 Å². The Morgan fingerprint density at radius 2 is 1.87 bits per heavy atom. The highest BCUT2D eigenvalue weighted by Crippen LogP contribution is 2.25. The van der Waals surface area contributed by atoms with E-state index in [4.69, 9.17) is 17.3 Å². The zero-order valence-electron chi connectivity index (χ0n) is 8.17. The maximum absolute atomic E-state index is 13.3. The quantitative estimate of drug-likeness (QED) is 0.845. The summed E-state index contributed by atoms with van der Waals surface area (Å²) in [5.74, 6) is -1.67. The number of nitrogens with two attached hydrogens (primary N) is 1. The molecule has 15 heavy (non-hydrogen) atoms. The minimum atomic E-state index is -1.08. The Morgan fingerprint density at radius 3 is 2.27 bits per heavy atom. The van der Waals surface area contributed by atoms with Gasteiger partial charge < -0.3 is 10.8 Å². The van der Waals surface area contributed by atoms with Gasteiger partial charge in [0.15, 0.2) is 0 Å². The molecule has 0 unspecified atom stereocenters. The van der Waals surface area contributed by atoms with Gasteiger partial charge in [-0.25, -0.2) is 8.78 Å². The zero-order valence-corrected chi connectivity index (χ0v) is 8.93. The lowest BCUT2D eigenvalue weighted by molar-refractivity contribution is 0.137. The van der Waals surface area contributed by atoms with E-state index in [0.29, 0.717) is 6.42 Å². The van der Waals surface area contributed by atoms with Gasteiger partial charge in [-0.1, -0.05) is 18.5 Å². The smallest absolute Gasteiger partial charge is 0.132 e. The van der Waals surface area contributed by atoms with Crippen molar-refractivity contribution < 1.29 is 13.9 Å². The fraction of sp³-hybridized carbons (Fsp3) is 0.400. The second kappa shape index (κ2) is 4.88. The Bertz CT molecular complexity index is 336. The van der Waals surface area contributed by atoms with Crippen molar-refractivity contribution in [3.63, 3.8) is 0 Å². The van der Waals surface area contributed by atoms with Crippen LogP contribution in [0.5, 0.6) is 0 Å². The second-order valence-electron chi connectivity index (χ2n) is 3.28. The number of halogens is 3. The summed E-state index contributed by atoms with van der Waals surface area (Å²) in [6.07, 6.45) is -0.655. The first kappa shape index (κ1) is 12.4. The van der Waals surface area contributed by atoms with Crippen molar-refractivity contribution >= 4 is 11.6 Å². The third-order valence-electron chi connectivity index (χ3n) is 2.21. The first-order valence-corrected chi connectivity index (χ1v) is 4.93. The molecule has 0 heterocycles. The third-order valence-corrected chi connectivity index (χ3v) is 2.43. The number of hydrogen-bond donors (Lipinski definition) is 2. The van der Waals surface area contributed by atoms with E-state index in [1.54, 1.807) is 6.92 Å². The fourth-order valence-corrected chi connectivity index (χ4v) is 1.51. The van der Waals surface area contributed by atoms with Gasteiger partial charge in [0.05, 0.1) is 12.1 Å². The average molecular weight is 236 g/mol. The van der Waals surface area contributed by atoms with E-state index in [0.717, 1.165) is 12.1 Å². The maximum atomic E-state index is 13.3. The summed E-state index contributed by atoms with van der Waals surface area (Å²) in [5.41, 5.74) is 5.20. The molecule has 84 valence electrons. The maximum Gasteiger partial charge on any atom is 0.132 e. The van der Waals surface area contributed by atoms with Crippen molar-refractivity contribution in [3.8, 4) is 0 Å². The first-order valence-electron chi connectivity index (χ1n) is 4.55. The number of benzene rings is 1. The molecule has 0 aromatic heterocycles. The van der Waals surface area contributed by atoms with Crippen LogP contribution in [0.4, 0.5) is 8.78 Å². The van der Waals surface area contributed by atoms with Gasteiger partial charge in [-0.2, -0.15) is 0 Å². The van der Waals surface area contributed by atoms with E-state index in [9.17, 15) is 13.9 Å². The lowest BCUT2D eigenvalue weighted by Crippen LogP contribution is -2.27. The average Bonchev–Trinajstić information content (AvgIpc) is 2.14. The van der Waals surface area contributed by atoms with E-state index in [1.165, 1.54) is 0 Å². The molecular formula is C10H12ClF2NO. The lowest BCUT2D eigenvalue weighted by atomic mass is 9.99. The van der Waals surface area contributed by atoms with E-state index in [1.807, 2.05) is 0 Å². The summed E-state index contributed by atoms with van der Waals surface area (Å²) >= 11 is 5.46. The van der Waals surface area contributed by atoms with Crippen molar-refractivity contribution in [1.29, 1.82) is 0 Å². The SMILES string of the molecule is CC[C@H](O)[C@H](N)c1c(F)cc(Cl)cc1F. The highest BCUT2D eigenvalue weighted by Gasteiger charge is 2.22. The zero-order chi connectivity index (χ0) is 11.6. The van der Waals surface area contributed by atoms with Crippen molar-refractivity contribution in [2.75, 3.05) is 0 Å². The molecular weight excluding hydrogens is 224 g/mol. The number of rotatable bonds is 3. The second-order valence-corrected chi connectivity index (χ2v) is 3.72. The van der Waals surface area contributed by atoms with Crippen molar-refractivity contribution in [2.45, 2.75) is 25.5 Å². The molecule has 0 amide bonds. The van der Waals surface area contributed by atoms with E-state index >= 15 is 0 Å². The monoisotopic (exact) mass is 235 g/mol. The minimum Gasteiger partial charge on any atom is -0.391 e. The van der Waals surface area contributed by atoms with Crippen LogP contribution in [0.3, 0.4) is 0 Å². The van der Waals surface area contributed by atoms with E-state index in [-0.39, 0.29) is 10.6 Å². The molecule has 1 rings (SSSR count). The van der Waals surface area contributed by atoms with Crippen LogP contribution in [0.15, 0.2) is 12.1 Å². The Kier molecular flexibility index (Phi) is 4.02. The molecule has 2 nitrogen and oxygen atoms in total. The van der Waals surface area contributed by atoms with Gasteiger partial charge in [-0.15, -0.1) is 0 Å². The number of hydrogen-bond acceptors (Lipinski definition) is 2. The Balaban J connectivity index is 3.13. The molecule has 2 atom stereocenters. The van der Waals surface area contributed by atoms with Gasteiger partial charge in [-0.3, -0.25) is 0 Å². The fourth-order valence-electron chi connectivity index (χ4n) is 1.32. The van der Waals surface area contributed by atoms with Crippen LogP contribution in [-0.2, 0) is 0 Å². The highest BCUT2D eigenvalue weighted by atomic mass is 35.5. The summed E-state index contributed by atoms with van der Waals surface area (Å²) in [7, 11) is 0. The molecule has 1 aromatic carbocycles. The molecule has 0 radical (unpaired) electrons. The molecule has 0 saturated heterocycles. The predicted molar refractivity (Wildman–Crippen MR) is 54.6 cm³/mol. The van der Waals surface area contributed by atoms with Crippen LogP contribution in [-0.4, -0.2) is 11.2 Å². The van der Waals surface area contributed by atoms with E-state index in [2.05, 4.69) is 0 Å². The van der Waals surface area contributed by atoms with Crippen molar-refractivity contribution in [2.24, 2.45) is 5.73 Å². The summed E-state index contributed by atoms with van der Waals surface area (Å²) in [4.78, 5) is 0.